The van der Waals surface area contributed by atoms with Crippen LogP contribution in [0.2, 0.25) is 5.15 Å². The molecule has 0 atom stereocenters. The summed E-state index contributed by atoms with van der Waals surface area (Å²) in [6.45, 7) is 1.80. The third-order valence-electron chi connectivity index (χ3n) is 2.40. The molecule has 1 aromatic heterocycles. The Bertz CT molecular complexity index is 766. The van der Waals surface area contributed by atoms with Crippen LogP contribution in [0, 0.1) is 6.92 Å². The summed E-state index contributed by atoms with van der Waals surface area (Å²) in [5.74, 6) is 0. The van der Waals surface area contributed by atoms with Gasteiger partial charge >= 0.3 is 0 Å². The van der Waals surface area contributed by atoms with Gasteiger partial charge in [-0.3, -0.25) is 4.72 Å². The quantitative estimate of drug-likeness (QED) is 0.721. The van der Waals surface area contributed by atoms with E-state index in [1.54, 1.807) is 31.3 Å². The SMILES string of the molecule is Cc1cnc(Cl)c(NS(=O)(=O)c2cc(Br)ccc2Br)c1. The Morgan fingerprint density at radius 2 is 1.95 bits per heavy atom. The van der Waals surface area contributed by atoms with Gasteiger partial charge in [0.05, 0.1) is 5.69 Å². The van der Waals surface area contributed by atoms with E-state index in [1.807, 2.05) is 0 Å². The summed E-state index contributed by atoms with van der Waals surface area (Å²) in [5, 5.41) is 0.102. The molecule has 1 aromatic carbocycles. The Morgan fingerprint density at radius 1 is 1.25 bits per heavy atom. The van der Waals surface area contributed by atoms with Crippen molar-refractivity contribution in [2.24, 2.45) is 0 Å². The molecule has 0 bridgehead atoms. The van der Waals surface area contributed by atoms with Crippen molar-refractivity contribution in [3.8, 4) is 0 Å². The van der Waals surface area contributed by atoms with Crippen LogP contribution in [0.1, 0.15) is 5.56 Å². The summed E-state index contributed by atoms with van der Waals surface area (Å²) < 4.78 is 28.3. The molecular formula is C12H9Br2ClN2O2S. The molecule has 0 saturated carbocycles. The van der Waals surface area contributed by atoms with Gasteiger partial charge in [0.25, 0.3) is 10.0 Å². The van der Waals surface area contributed by atoms with Crippen molar-refractivity contribution >= 4 is 59.2 Å². The number of nitrogens with one attached hydrogen (secondary N) is 1. The molecule has 4 nitrogen and oxygen atoms in total. The lowest BCUT2D eigenvalue weighted by molar-refractivity contribution is 0.600. The molecule has 1 N–H and O–H groups in total. The van der Waals surface area contributed by atoms with Crippen molar-refractivity contribution in [1.82, 2.24) is 4.98 Å². The zero-order valence-corrected chi connectivity index (χ0v) is 14.9. The molecule has 0 aliphatic rings. The standard InChI is InChI=1S/C12H9Br2ClN2O2S/c1-7-4-10(12(15)16-6-7)17-20(18,19)11-5-8(13)2-3-9(11)14/h2-6,17H,1H3. The number of hydrogen-bond acceptors (Lipinski definition) is 3. The highest BCUT2D eigenvalue weighted by molar-refractivity contribution is 9.11. The van der Waals surface area contributed by atoms with Gasteiger partial charge in [-0.05, 0) is 52.7 Å². The topological polar surface area (TPSA) is 59.1 Å². The predicted molar refractivity (Wildman–Crippen MR) is 86.6 cm³/mol. The average Bonchev–Trinajstić information content (AvgIpc) is 2.36. The van der Waals surface area contributed by atoms with Gasteiger partial charge in [0, 0.05) is 15.1 Å². The van der Waals surface area contributed by atoms with E-state index in [0.717, 1.165) is 5.56 Å². The highest BCUT2D eigenvalue weighted by atomic mass is 79.9. The van der Waals surface area contributed by atoms with Crippen LogP contribution in [0.3, 0.4) is 0 Å². The first kappa shape index (κ1) is 15.8. The summed E-state index contributed by atoms with van der Waals surface area (Å²) in [6, 6.07) is 6.52. The van der Waals surface area contributed by atoms with Crippen LogP contribution in [-0.2, 0) is 10.0 Å². The maximum atomic E-state index is 12.4. The number of benzene rings is 1. The van der Waals surface area contributed by atoms with Gasteiger partial charge in [-0.1, -0.05) is 27.5 Å². The van der Waals surface area contributed by atoms with Gasteiger partial charge < -0.3 is 0 Å². The lowest BCUT2D eigenvalue weighted by atomic mass is 10.3. The molecule has 0 fully saturated rings. The number of aryl methyl sites for hydroxylation is 1. The smallest absolute Gasteiger partial charge is 0.263 e. The Hall–Kier alpha value is -0.630. The largest absolute Gasteiger partial charge is 0.276 e. The van der Waals surface area contributed by atoms with Crippen molar-refractivity contribution in [3.05, 3.63) is 50.1 Å². The van der Waals surface area contributed by atoms with E-state index in [4.69, 9.17) is 11.6 Å². The minimum absolute atomic E-state index is 0.102. The van der Waals surface area contributed by atoms with Crippen molar-refractivity contribution in [1.29, 1.82) is 0 Å². The number of anilines is 1. The molecule has 2 rings (SSSR count). The number of pyridine rings is 1. The van der Waals surface area contributed by atoms with Crippen LogP contribution in [0.25, 0.3) is 0 Å². The maximum absolute atomic E-state index is 12.4. The normalized spacial score (nSPS) is 11.4. The van der Waals surface area contributed by atoms with Gasteiger partial charge in [-0.15, -0.1) is 0 Å². The lowest BCUT2D eigenvalue weighted by Gasteiger charge is -2.11. The van der Waals surface area contributed by atoms with Crippen LogP contribution in [0.5, 0.6) is 0 Å². The van der Waals surface area contributed by atoms with Crippen molar-refractivity contribution in [3.63, 3.8) is 0 Å². The van der Waals surface area contributed by atoms with E-state index in [1.165, 1.54) is 6.07 Å². The highest BCUT2D eigenvalue weighted by Crippen LogP contribution is 2.29. The number of sulfonamides is 1. The maximum Gasteiger partial charge on any atom is 0.263 e. The summed E-state index contributed by atoms with van der Waals surface area (Å²) in [6.07, 6.45) is 1.56. The summed E-state index contributed by atoms with van der Waals surface area (Å²) in [4.78, 5) is 4.03. The Kier molecular flexibility index (Phi) is 4.73. The van der Waals surface area contributed by atoms with Gasteiger partial charge in [0.2, 0.25) is 0 Å². The second-order valence-electron chi connectivity index (χ2n) is 4.03. The average molecular weight is 441 g/mol. The molecule has 0 spiro atoms. The van der Waals surface area contributed by atoms with Crippen LogP contribution < -0.4 is 4.72 Å². The molecule has 8 heteroatoms. The first-order chi connectivity index (χ1) is 9.29. The molecule has 0 aliphatic heterocycles. The summed E-state index contributed by atoms with van der Waals surface area (Å²) in [7, 11) is -3.76. The van der Waals surface area contributed by atoms with E-state index in [2.05, 4.69) is 41.6 Å². The molecule has 2 aromatic rings. The van der Waals surface area contributed by atoms with Crippen molar-refractivity contribution < 1.29 is 8.42 Å². The molecule has 0 aliphatic carbocycles. The van der Waals surface area contributed by atoms with E-state index < -0.39 is 10.0 Å². The zero-order valence-electron chi connectivity index (χ0n) is 10.2. The minimum Gasteiger partial charge on any atom is -0.276 e. The Labute approximate surface area is 138 Å². The molecule has 0 radical (unpaired) electrons. The lowest BCUT2D eigenvalue weighted by Crippen LogP contribution is -2.14. The fraction of sp³-hybridized carbons (Fsp3) is 0.0833. The fourth-order valence-electron chi connectivity index (χ4n) is 1.51. The van der Waals surface area contributed by atoms with E-state index in [9.17, 15) is 8.42 Å². The van der Waals surface area contributed by atoms with Gasteiger partial charge in [0.15, 0.2) is 5.15 Å². The molecular weight excluding hydrogens is 431 g/mol. The second kappa shape index (κ2) is 6.01. The molecule has 0 unspecified atom stereocenters. The Balaban J connectivity index is 2.46. The first-order valence-electron chi connectivity index (χ1n) is 5.39. The highest BCUT2D eigenvalue weighted by Gasteiger charge is 2.19. The molecule has 1 heterocycles. The molecule has 106 valence electrons. The minimum atomic E-state index is -3.76. The number of rotatable bonds is 3. The number of hydrogen-bond donors (Lipinski definition) is 1. The zero-order chi connectivity index (χ0) is 14.9. The Morgan fingerprint density at radius 3 is 2.65 bits per heavy atom. The molecule has 0 saturated heterocycles. The predicted octanol–water partition coefficient (Wildman–Crippen LogP) is 4.37. The number of nitrogens with zero attached hydrogens (tertiary/aromatic N) is 1. The first-order valence-corrected chi connectivity index (χ1v) is 8.84. The molecule has 0 amide bonds. The second-order valence-corrected chi connectivity index (χ2v) is 7.81. The van der Waals surface area contributed by atoms with E-state index in [0.29, 0.717) is 8.95 Å². The van der Waals surface area contributed by atoms with Gasteiger partial charge in [0.1, 0.15) is 4.90 Å². The van der Waals surface area contributed by atoms with Gasteiger partial charge in [-0.2, -0.15) is 0 Å². The monoisotopic (exact) mass is 438 g/mol. The number of halogens is 3. The van der Waals surface area contributed by atoms with Crippen molar-refractivity contribution in [2.75, 3.05) is 4.72 Å². The third kappa shape index (κ3) is 3.52. The van der Waals surface area contributed by atoms with Crippen LogP contribution in [0.4, 0.5) is 5.69 Å². The molecule has 20 heavy (non-hydrogen) atoms. The van der Waals surface area contributed by atoms with Crippen molar-refractivity contribution in [2.45, 2.75) is 11.8 Å². The van der Waals surface area contributed by atoms with Crippen LogP contribution in [-0.4, -0.2) is 13.4 Å². The third-order valence-corrected chi connectivity index (χ3v) is 5.56. The summed E-state index contributed by atoms with van der Waals surface area (Å²) >= 11 is 12.4. The number of aromatic nitrogens is 1. The summed E-state index contributed by atoms with van der Waals surface area (Å²) in [5.41, 5.74) is 1.05. The van der Waals surface area contributed by atoms with Crippen LogP contribution >= 0.6 is 43.5 Å². The van der Waals surface area contributed by atoms with Crippen LogP contribution in [0.15, 0.2) is 44.3 Å². The van der Waals surface area contributed by atoms with E-state index >= 15 is 0 Å². The van der Waals surface area contributed by atoms with Gasteiger partial charge in [-0.25, -0.2) is 13.4 Å². The fourth-order valence-corrected chi connectivity index (χ4v) is 4.27. The van der Waals surface area contributed by atoms with E-state index in [-0.39, 0.29) is 15.7 Å².